The molecule has 1 heterocycles. The molecule has 0 atom stereocenters. The highest BCUT2D eigenvalue weighted by molar-refractivity contribution is 5.94. The molecule has 0 radical (unpaired) electrons. The van der Waals surface area contributed by atoms with Gasteiger partial charge >= 0.3 is 6.18 Å². The van der Waals surface area contributed by atoms with Crippen molar-refractivity contribution in [2.45, 2.75) is 19.0 Å². The van der Waals surface area contributed by atoms with Gasteiger partial charge in [0.25, 0.3) is 5.91 Å². The molecular weight excluding hydrogens is 285 g/mol. The van der Waals surface area contributed by atoms with Gasteiger partial charge in [0, 0.05) is 38.0 Å². The normalized spacial score (nSPS) is 10.7. The minimum Gasteiger partial charge on any atom is -0.395 e. The van der Waals surface area contributed by atoms with Crippen LogP contribution in [-0.2, 0) is 0 Å². The Kier molecular flexibility index (Phi) is 6.18. The van der Waals surface area contributed by atoms with E-state index in [0.29, 0.717) is 12.0 Å². The van der Waals surface area contributed by atoms with Crippen molar-refractivity contribution in [2.75, 3.05) is 20.2 Å². The molecule has 21 heavy (non-hydrogen) atoms. The Balaban J connectivity index is 2.74. The average molecular weight is 300 g/mol. The van der Waals surface area contributed by atoms with Crippen LogP contribution in [0.25, 0.3) is 0 Å². The molecule has 1 N–H and O–H groups in total. The molecule has 0 aliphatic rings. The van der Waals surface area contributed by atoms with Gasteiger partial charge < -0.3 is 10.0 Å². The van der Waals surface area contributed by atoms with Gasteiger partial charge in [0.05, 0.1) is 18.6 Å². The summed E-state index contributed by atoms with van der Waals surface area (Å²) >= 11 is 0. The molecular formula is C14H15F3N2O2. The van der Waals surface area contributed by atoms with E-state index in [2.05, 4.69) is 16.8 Å². The summed E-state index contributed by atoms with van der Waals surface area (Å²) in [6, 6.07) is 1.46. The number of halogens is 3. The summed E-state index contributed by atoms with van der Waals surface area (Å²) in [7, 11) is 1.30. The lowest BCUT2D eigenvalue weighted by atomic mass is 10.2. The summed E-state index contributed by atoms with van der Waals surface area (Å²) in [4.78, 5) is 16.8. The van der Waals surface area contributed by atoms with Crippen molar-refractivity contribution < 1.29 is 23.1 Å². The smallest absolute Gasteiger partial charge is 0.390 e. The number of aliphatic hydroxyl groups is 1. The third-order valence-corrected chi connectivity index (χ3v) is 2.53. The van der Waals surface area contributed by atoms with Gasteiger partial charge in [0.2, 0.25) is 0 Å². The van der Waals surface area contributed by atoms with Crippen LogP contribution in [0, 0.1) is 11.8 Å². The Labute approximate surface area is 120 Å². The van der Waals surface area contributed by atoms with Crippen molar-refractivity contribution in [3.8, 4) is 11.8 Å². The third-order valence-electron chi connectivity index (χ3n) is 2.53. The van der Waals surface area contributed by atoms with E-state index >= 15 is 0 Å². The van der Waals surface area contributed by atoms with Crippen molar-refractivity contribution in [3.63, 3.8) is 0 Å². The van der Waals surface area contributed by atoms with E-state index < -0.39 is 25.0 Å². The number of pyridine rings is 1. The number of aromatic nitrogens is 1. The van der Waals surface area contributed by atoms with Gasteiger partial charge in [0.15, 0.2) is 0 Å². The molecule has 0 saturated heterocycles. The second-order valence-electron chi connectivity index (χ2n) is 4.33. The first-order valence-electron chi connectivity index (χ1n) is 6.20. The van der Waals surface area contributed by atoms with Crippen LogP contribution in [0.5, 0.6) is 0 Å². The second-order valence-corrected chi connectivity index (χ2v) is 4.33. The highest BCUT2D eigenvalue weighted by Gasteiger charge is 2.28. The van der Waals surface area contributed by atoms with E-state index in [1.807, 2.05) is 0 Å². The lowest BCUT2D eigenvalue weighted by molar-refractivity contribution is -0.136. The summed E-state index contributed by atoms with van der Waals surface area (Å²) in [5.41, 5.74) is 0.647. The highest BCUT2D eigenvalue weighted by atomic mass is 19.4. The number of nitrogens with zero attached hydrogens (tertiary/aromatic N) is 2. The quantitative estimate of drug-likeness (QED) is 0.863. The van der Waals surface area contributed by atoms with Crippen LogP contribution >= 0.6 is 0 Å². The number of rotatable bonds is 4. The maximum atomic E-state index is 12.1. The van der Waals surface area contributed by atoms with Crippen LogP contribution in [0.1, 0.15) is 28.8 Å². The Morgan fingerprint density at radius 2 is 2.14 bits per heavy atom. The predicted octanol–water partition coefficient (Wildman–Crippen LogP) is 1.84. The lowest BCUT2D eigenvalue weighted by Crippen LogP contribution is -2.30. The Morgan fingerprint density at radius 1 is 1.43 bits per heavy atom. The van der Waals surface area contributed by atoms with Crippen LogP contribution in [0.4, 0.5) is 13.2 Å². The minimum absolute atomic E-state index is 0.0702. The monoisotopic (exact) mass is 300 g/mol. The van der Waals surface area contributed by atoms with Crippen LogP contribution in [0.15, 0.2) is 18.5 Å². The third kappa shape index (κ3) is 6.27. The van der Waals surface area contributed by atoms with Crippen molar-refractivity contribution in [1.82, 2.24) is 9.88 Å². The number of carbonyl (C=O) groups is 1. The molecule has 0 spiro atoms. The molecule has 1 amide bonds. The van der Waals surface area contributed by atoms with Gasteiger partial charge in [-0.1, -0.05) is 11.8 Å². The SMILES string of the molecule is CN(CCC(F)(F)F)C(=O)c1cncc(C#CCCO)c1. The second kappa shape index (κ2) is 7.64. The van der Waals surface area contributed by atoms with E-state index in [1.54, 1.807) is 0 Å². The zero-order valence-corrected chi connectivity index (χ0v) is 11.4. The van der Waals surface area contributed by atoms with E-state index in [-0.39, 0.29) is 12.2 Å². The number of carbonyl (C=O) groups excluding carboxylic acids is 1. The summed E-state index contributed by atoms with van der Waals surface area (Å²) in [6.07, 6.45) is -2.34. The maximum absolute atomic E-state index is 12.1. The topological polar surface area (TPSA) is 53.4 Å². The molecule has 4 nitrogen and oxygen atoms in total. The predicted molar refractivity (Wildman–Crippen MR) is 70.5 cm³/mol. The van der Waals surface area contributed by atoms with E-state index in [9.17, 15) is 18.0 Å². The molecule has 0 aliphatic carbocycles. The molecule has 0 bridgehead atoms. The average Bonchev–Trinajstić information content (AvgIpc) is 2.44. The van der Waals surface area contributed by atoms with Crippen molar-refractivity contribution in [1.29, 1.82) is 0 Å². The number of alkyl halides is 3. The van der Waals surface area contributed by atoms with Crippen LogP contribution in [-0.4, -0.2) is 47.3 Å². The zero-order valence-electron chi connectivity index (χ0n) is 11.4. The molecule has 1 aromatic rings. The fourth-order valence-electron chi connectivity index (χ4n) is 1.46. The van der Waals surface area contributed by atoms with Crippen molar-refractivity contribution in [2.24, 2.45) is 0 Å². The molecule has 0 unspecified atom stereocenters. The molecule has 0 aromatic carbocycles. The molecule has 0 aliphatic heterocycles. The molecule has 114 valence electrons. The van der Waals surface area contributed by atoms with Crippen molar-refractivity contribution >= 4 is 5.91 Å². The van der Waals surface area contributed by atoms with Gasteiger partial charge in [-0.15, -0.1) is 0 Å². The molecule has 7 heteroatoms. The van der Waals surface area contributed by atoms with Gasteiger partial charge in [0.1, 0.15) is 0 Å². The number of hydrogen-bond donors (Lipinski definition) is 1. The highest BCUT2D eigenvalue weighted by Crippen LogP contribution is 2.19. The molecule has 1 aromatic heterocycles. The Bertz CT molecular complexity index is 547. The van der Waals surface area contributed by atoms with E-state index in [0.717, 1.165) is 4.90 Å². The van der Waals surface area contributed by atoms with E-state index in [1.165, 1.54) is 25.5 Å². The first-order valence-corrected chi connectivity index (χ1v) is 6.20. The van der Waals surface area contributed by atoms with Gasteiger partial charge in [-0.2, -0.15) is 13.2 Å². The van der Waals surface area contributed by atoms with Gasteiger partial charge in [-0.3, -0.25) is 9.78 Å². The van der Waals surface area contributed by atoms with Gasteiger partial charge in [-0.25, -0.2) is 0 Å². The lowest BCUT2D eigenvalue weighted by Gasteiger charge is -2.18. The fourth-order valence-corrected chi connectivity index (χ4v) is 1.46. The van der Waals surface area contributed by atoms with Crippen molar-refractivity contribution in [3.05, 3.63) is 29.6 Å². The van der Waals surface area contributed by atoms with Crippen LogP contribution in [0.3, 0.4) is 0 Å². The molecule has 0 saturated carbocycles. The number of hydrogen-bond acceptors (Lipinski definition) is 3. The largest absolute Gasteiger partial charge is 0.395 e. The summed E-state index contributed by atoms with van der Waals surface area (Å²) in [5.74, 6) is 4.85. The minimum atomic E-state index is -4.30. The standard InChI is InChI=1S/C14H15F3N2O2/c1-19(6-5-14(15,16)17)13(21)12-8-11(9-18-10-12)4-2-3-7-20/h8-10,20H,3,5-7H2,1H3. The number of aliphatic hydroxyl groups excluding tert-OH is 1. The first-order chi connectivity index (χ1) is 9.83. The van der Waals surface area contributed by atoms with Gasteiger partial charge in [-0.05, 0) is 6.07 Å². The summed E-state index contributed by atoms with van der Waals surface area (Å²) < 4.78 is 36.4. The Morgan fingerprint density at radius 3 is 2.76 bits per heavy atom. The maximum Gasteiger partial charge on any atom is 0.390 e. The zero-order chi connectivity index (χ0) is 15.9. The van der Waals surface area contributed by atoms with Crippen LogP contribution in [0.2, 0.25) is 0 Å². The summed E-state index contributed by atoms with van der Waals surface area (Å²) in [6.45, 7) is -0.484. The van der Waals surface area contributed by atoms with Crippen LogP contribution < -0.4 is 0 Å². The Hall–Kier alpha value is -2.07. The first kappa shape index (κ1) is 17.0. The molecule has 0 fully saturated rings. The molecule has 1 rings (SSSR count). The van der Waals surface area contributed by atoms with E-state index in [4.69, 9.17) is 5.11 Å². The summed E-state index contributed by atoms with van der Waals surface area (Å²) in [5, 5.41) is 8.61. The fraction of sp³-hybridized carbons (Fsp3) is 0.429. The number of amides is 1.